The quantitative estimate of drug-likeness (QED) is 0.673. The molecule has 5 nitrogen and oxygen atoms in total. The molecule has 2 aliphatic heterocycles. The topological polar surface area (TPSA) is 61.8 Å². The number of carbonyl (C=O) groups excluding carboxylic acids is 1. The van der Waals surface area contributed by atoms with Crippen molar-refractivity contribution in [3.63, 3.8) is 0 Å². The highest BCUT2D eigenvalue weighted by Gasteiger charge is 2.36. The first-order valence-corrected chi connectivity index (χ1v) is 5.93. The minimum Gasteiger partial charge on any atom is -0.394 e. The van der Waals surface area contributed by atoms with E-state index in [1.54, 1.807) is 7.11 Å². The van der Waals surface area contributed by atoms with Crippen molar-refractivity contribution in [1.29, 1.82) is 0 Å². The number of methoxy groups -OCH3 is 1. The minimum absolute atomic E-state index is 0.0240. The molecule has 0 radical (unpaired) electrons. The fraction of sp³-hybridized carbons (Fsp3) is 0.909. The van der Waals surface area contributed by atoms with Crippen LogP contribution in [0.1, 0.15) is 19.3 Å². The Morgan fingerprint density at radius 3 is 3.06 bits per heavy atom. The molecule has 0 bridgehead atoms. The smallest absolute Gasteiger partial charge is 0.240 e. The molecule has 2 unspecified atom stereocenters. The molecule has 2 aliphatic rings. The maximum absolute atomic E-state index is 12.2. The van der Waals surface area contributed by atoms with E-state index >= 15 is 0 Å². The molecule has 2 N–H and O–H groups in total. The number of hydrogen-bond acceptors (Lipinski definition) is 4. The minimum atomic E-state index is -0.128. The second-order valence-electron chi connectivity index (χ2n) is 4.56. The second kappa shape index (κ2) is 5.12. The molecule has 2 heterocycles. The standard InChI is InChI=1S/C11H20N2O3/c1-16-9-5-10(12-6-9)11(15)13-4-2-3-8(13)7-14/h8-10,12,14H,2-7H2,1H3/t8-,9?,10?/m1/s1. The van der Waals surface area contributed by atoms with Gasteiger partial charge in [0.05, 0.1) is 24.8 Å². The number of likely N-dealkylation sites (tertiary alicyclic amines) is 1. The van der Waals surface area contributed by atoms with Gasteiger partial charge in [0.1, 0.15) is 0 Å². The van der Waals surface area contributed by atoms with E-state index in [0.29, 0.717) is 0 Å². The Hall–Kier alpha value is -0.650. The Bertz CT molecular complexity index is 260. The van der Waals surface area contributed by atoms with Crippen molar-refractivity contribution >= 4 is 5.91 Å². The number of aliphatic hydroxyl groups excluding tert-OH is 1. The summed E-state index contributed by atoms with van der Waals surface area (Å²) < 4.78 is 5.22. The summed E-state index contributed by atoms with van der Waals surface area (Å²) >= 11 is 0. The molecule has 5 heteroatoms. The Labute approximate surface area is 95.8 Å². The SMILES string of the molecule is COC1CNC(C(=O)N2CCC[C@@H]2CO)C1. The Balaban J connectivity index is 1.92. The van der Waals surface area contributed by atoms with Gasteiger partial charge >= 0.3 is 0 Å². The van der Waals surface area contributed by atoms with Gasteiger partial charge in [-0.15, -0.1) is 0 Å². The van der Waals surface area contributed by atoms with E-state index in [0.717, 1.165) is 32.4 Å². The van der Waals surface area contributed by atoms with E-state index in [1.807, 2.05) is 4.90 Å². The Morgan fingerprint density at radius 2 is 2.44 bits per heavy atom. The van der Waals surface area contributed by atoms with Crippen LogP contribution in [0, 0.1) is 0 Å². The number of hydrogen-bond donors (Lipinski definition) is 2. The summed E-state index contributed by atoms with van der Waals surface area (Å²) in [6, 6.07) is -0.104. The number of nitrogens with one attached hydrogen (secondary N) is 1. The van der Waals surface area contributed by atoms with Crippen LogP contribution in [0.4, 0.5) is 0 Å². The van der Waals surface area contributed by atoms with Gasteiger partial charge in [-0.25, -0.2) is 0 Å². The van der Waals surface area contributed by atoms with Crippen molar-refractivity contribution in [2.75, 3.05) is 26.8 Å². The fourth-order valence-electron chi connectivity index (χ4n) is 2.59. The Kier molecular flexibility index (Phi) is 3.78. The summed E-state index contributed by atoms with van der Waals surface area (Å²) in [5.41, 5.74) is 0. The molecule has 16 heavy (non-hydrogen) atoms. The predicted molar refractivity (Wildman–Crippen MR) is 59.0 cm³/mol. The van der Waals surface area contributed by atoms with E-state index < -0.39 is 0 Å². The summed E-state index contributed by atoms with van der Waals surface area (Å²) in [6.45, 7) is 1.59. The number of carbonyl (C=O) groups is 1. The maximum Gasteiger partial charge on any atom is 0.240 e. The van der Waals surface area contributed by atoms with Gasteiger partial charge in [0.25, 0.3) is 0 Å². The number of amides is 1. The summed E-state index contributed by atoms with van der Waals surface area (Å²) in [7, 11) is 1.67. The van der Waals surface area contributed by atoms with Crippen LogP contribution in [0.3, 0.4) is 0 Å². The molecule has 0 aliphatic carbocycles. The lowest BCUT2D eigenvalue weighted by atomic mass is 10.1. The molecule has 0 aromatic rings. The van der Waals surface area contributed by atoms with Gasteiger partial charge in [0.2, 0.25) is 5.91 Å². The van der Waals surface area contributed by atoms with E-state index in [-0.39, 0.29) is 30.7 Å². The molecule has 0 saturated carbocycles. The Morgan fingerprint density at radius 1 is 1.62 bits per heavy atom. The van der Waals surface area contributed by atoms with Crippen LogP contribution in [0.2, 0.25) is 0 Å². The first-order valence-electron chi connectivity index (χ1n) is 5.93. The lowest BCUT2D eigenvalue weighted by molar-refractivity contribution is -0.134. The average Bonchev–Trinajstić information content (AvgIpc) is 2.96. The van der Waals surface area contributed by atoms with Gasteiger partial charge in [-0.05, 0) is 19.3 Å². The molecule has 3 atom stereocenters. The van der Waals surface area contributed by atoms with Gasteiger partial charge < -0.3 is 20.1 Å². The van der Waals surface area contributed by atoms with Gasteiger partial charge in [0, 0.05) is 20.2 Å². The van der Waals surface area contributed by atoms with Crippen molar-refractivity contribution in [2.24, 2.45) is 0 Å². The van der Waals surface area contributed by atoms with Gasteiger partial charge in [-0.1, -0.05) is 0 Å². The van der Waals surface area contributed by atoms with Crippen molar-refractivity contribution in [1.82, 2.24) is 10.2 Å². The summed E-state index contributed by atoms with van der Waals surface area (Å²) in [5.74, 6) is 0.121. The van der Waals surface area contributed by atoms with Crippen LogP contribution in [-0.4, -0.2) is 60.9 Å². The highest BCUT2D eigenvalue weighted by Crippen LogP contribution is 2.20. The van der Waals surface area contributed by atoms with Crippen LogP contribution in [-0.2, 0) is 9.53 Å². The van der Waals surface area contributed by atoms with Crippen LogP contribution in [0.25, 0.3) is 0 Å². The first-order chi connectivity index (χ1) is 7.76. The van der Waals surface area contributed by atoms with Crippen LogP contribution >= 0.6 is 0 Å². The average molecular weight is 228 g/mol. The lowest BCUT2D eigenvalue weighted by Crippen LogP contribution is -2.46. The summed E-state index contributed by atoms with van der Waals surface area (Å²) in [4.78, 5) is 14.0. The van der Waals surface area contributed by atoms with Crippen molar-refractivity contribution < 1.29 is 14.6 Å². The van der Waals surface area contributed by atoms with Crippen molar-refractivity contribution in [3.8, 4) is 0 Å². The number of rotatable bonds is 3. The molecular weight excluding hydrogens is 208 g/mol. The van der Waals surface area contributed by atoms with E-state index in [9.17, 15) is 9.90 Å². The zero-order valence-electron chi connectivity index (χ0n) is 9.69. The third-order valence-corrected chi connectivity index (χ3v) is 3.59. The van der Waals surface area contributed by atoms with Gasteiger partial charge in [0.15, 0.2) is 0 Å². The van der Waals surface area contributed by atoms with E-state index in [2.05, 4.69) is 5.32 Å². The van der Waals surface area contributed by atoms with Gasteiger partial charge in [-0.3, -0.25) is 4.79 Å². The monoisotopic (exact) mass is 228 g/mol. The molecule has 2 saturated heterocycles. The van der Waals surface area contributed by atoms with E-state index in [4.69, 9.17) is 4.74 Å². The van der Waals surface area contributed by atoms with Crippen LogP contribution in [0.15, 0.2) is 0 Å². The summed E-state index contributed by atoms with van der Waals surface area (Å²) in [6.07, 6.45) is 2.80. The maximum atomic E-state index is 12.2. The zero-order chi connectivity index (χ0) is 11.5. The van der Waals surface area contributed by atoms with Crippen molar-refractivity contribution in [2.45, 2.75) is 37.5 Å². The third-order valence-electron chi connectivity index (χ3n) is 3.59. The fourth-order valence-corrected chi connectivity index (χ4v) is 2.59. The highest BCUT2D eigenvalue weighted by atomic mass is 16.5. The number of aliphatic hydroxyl groups is 1. The molecule has 0 spiro atoms. The molecule has 1 amide bonds. The van der Waals surface area contributed by atoms with E-state index in [1.165, 1.54) is 0 Å². The third kappa shape index (κ3) is 2.21. The summed E-state index contributed by atoms with van der Waals surface area (Å²) in [5, 5.41) is 12.4. The van der Waals surface area contributed by atoms with Crippen molar-refractivity contribution in [3.05, 3.63) is 0 Å². The molecular formula is C11H20N2O3. The van der Waals surface area contributed by atoms with Crippen LogP contribution < -0.4 is 5.32 Å². The lowest BCUT2D eigenvalue weighted by Gasteiger charge is -2.26. The number of ether oxygens (including phenoxy) is 1. The molecule has 0 aromatic carbocycles. The first kappa shape index (κ1) is 11.8. The highest BCUT2D eigenvalue weighted by molar-refractivity contribution is 5.82. The molecule has 92 valence electrons. The zero-order valence-corrected chi connectivity index (χ0v) is 9.69. The normalized spacial score (nSPS) is 34.6. The molecule has 2 rings (SSSR count). The largest absolute Gasteiger partial charge is 0.394 e. The predicted octanol–water partition coefficient (Wildman–Crippen LogP) is -0.653. The number of nitrogens with zero attached hydrogens (tertiary/aromatic N) is 1. The second-order valence-corrected chi connectivity index (χ2v) is 4.56. The van der Waals surface area contributed by atoms with Gasteiger partial charge in [-0.2, -0.15) is 0 Å². The molecule has 2 fully saturated rings. The molecule has 0 aromatic heterocycles. The van der Waals surface area contributed by atoms with Crippen LogP contribution in [0.5, 0.6) is 0 Å².